The fourth-order valence-electron chi connectivity index (χ4n) is 3.94. The van der Waals surface area contributed by atoms with Crippen molar-refractivity contribution in [1.82, 2.24) is 9.80 Å². The van der Waals surface area contributed by atoms with E-state index in [9.17, 15) is 8.78 Å². The normalized spacial score (nSPS) is 23.0. The summed E-state index contributed by atoms with van der Waals surface area (Å²) >= 11 is 0. The van der Waals surface area contributed by atoms with E-state index in [-0.39, 0.29) is 5.75 Å². The van der Waals surface area contributed by atoms with E-state index < -0.39 is 6.61 Å². The molecule has 2 aliphatic rings. The Morgan fingerprint density at radius 2 is 1.71 bits per heavy atom. The minimum atomic E-state index is -2.76. The Hall–Kier alpha value is -1.20. The SMILES string of the molecule is FC(F)Oc1ccc(CN2CCCCC2CCN2CCCC2)cc1. The van der Waals surface area contributed by atoms with Gasteiger partial charge in [-0.1, -0.05) is 18.6 Å². The third kappa shape index (κ3) is 5.15. The largest absolute Gasteiger partial charge is 0.435 e. The van der Waals surface area contributed by atoms with Gasteiger partial charge in [-0.25, -0.2) is 0 Å². The van der Waals surface area contributed by atoms with E-state index in [1.54, 1.807) is 12.1 Å². The highest BCUT2D eigenvalue weighted by Crippen LogP contribution is 2.24. The monoisotopic (exact) mass is 338 g/mol. The molecular weight excluding hydrogens is 310 g/mol. The Bertz CT molecular complexity index is 489. The Morgan fingerprint density at radius 1 is 1.00 bits per heavy atom. The van der Waals surface area contributed by atoms with Gasteiger partial charge in [-0.05, 0) is 76.0 Å². The fourth-order valence-corrected chi connectivity index (χ4v) is 3.94. The molecule has 0 aromatic heterocycles. The zero-order valence-corrected chi connectivity index (χ0v) is 14.3. The zero-order valence-electron chi connectivity index (χ0n) is 14.3. The van der Waals surface area contributed by atoms with Crippen molar-refractivity contribution in [3.63, 3.8) is 0 Å². The molecule has 1 unspecified atom stereocenters. The summed E-state index contributed by atoms with van der Waals surface area (Å²) in [5.41, 5.74) is 1.17. The summed E-state index contributed by atoms with van der Waals surface area (Å²) < 4.78 is 28.9. The Labute approximate surface area is 143 Å². The van der Waals surface area contributed by atoms with Gasteiger partial charge >= 0.3 is 6.61 Å². The summed E-state index contributed by atoms with van der Waals surface area (Å²) in [6.07, 6.45) is 7.80. The molecule has 1 atom stereocenters. The van der Waals surface area contributed by atoms with Gasteiger partial charge in [0.15, 0.2) is 0 Å². The average Bonchev–Trinajstić information content (AvgIpc) is 3.09. The van der Waals surface area contributed by atoms with Gasteiger partial charge in [0.05, 0.1) is 0 Å². The number of halogens is 2. The molecule has 0 spiro atoms. The second kappa shape index (κ2) is 8.77. The van der Waals surface area contributed by atoms with E-state index in [0.29, 0.717) is 6.04 Å². The van der Waals surface area contributed by atoms with Gasteiger partial charge < -0.3 is 9.64 Å². The van der Waals surface area contributed by atoms with Crippen LogP contribution in [0.2, 0.25) is 0 Å². The van der Waals surface area contributed by atoms with Crippen molar-refractivity contribution in [2.75, 3.05) is 26.2 Å². The van der Waals surface area contributed by atoms with Gasteiger partial charge in [0.1, 0.15) is 5.75 Å². The second-order valence-corrected chi connectivity index (χ2v) is 6.98. The van der Waals surface area contributed by atoms with E-state index in [2.05, 4.69) is 14.5 Å². The molecule has 0 amide bonds. The lowest BCUT2D eigenvalue weighted by atomic mass is 9.98. The van der Waals surface area contributed by atoms with Crippen molar-refractivity contribution in [2.24, 2.45) is 0 Å². The van der Waals surface area contributed by atoms with E-state index in [1.807, 2.05) is 12.1 Å². The van der Waals surface area contributed by atoms with E-state index in [4.69, 9.17) is 0 Å². The first-order chi connectivity index (χ1) is 11.7. The van der Waals surface area contributed by atoms with Gasteiger partial charge in [-0.3, -0.25) is 4.90 Å². The molecule has 134 valence electrons. The molecule has 2 fully saturated rings. The van der Waals surface area contributed by atoms with E-state index in [1.165, 1.54) is 63.7 Å². The maximum atomic E-state index is 12.2. The van der Waals surface area contributed by atoms with Gasteiger partial charge in [-0.2, -0.15) is 8.78 Å². The third-order valence-electron chi connectivity index (χ3n) is 5.26. The van der Waals surface area contributed by atoms with Gasteiger partial charge in [0.2, 0.25) is 0 Å². The molecule has 1 aromatic carbocycles. The van der Waals surface area contributed by atoms with Crippen LogP contribution in [0.5, 0.6) is 5.75 Å². The van der Waals surface area contributed by atoms with Crippen molar-refractivity contribution < 1.29 is 13.5 Å². The predicted molar refractivity (Wildman–Crippen MR) is 91.4 cm³/mol. The molecule has 0 aliphatic carbocycles. The summed E-state index contributed by atoms with van der Waals surface area (Å²) in [6, 6.07) is 7.75. The number of piperidine rings is 1. The van der Waals surface area contributed by atoms with Crippen molar-refractivity contribution in [3.8, 4) is 5.75 Å². The molecule has 0 saturated carbocycles. The van der Waals surface area contributed by atoms with Gasteiger partial charge in [0.25, 0.3) is 0 Å². The second-order valence-electron chi connectivity index (χ2n) is 6.98. The Morgan fingerprint density at radius 3 is 2.42 bits per heavy atom. The first-order valence-electron chi connectivity index (χ1n) is 9.21. The van der Waals surface area contributed by atoms with Crippen LogP contribution in [0.4, 0.5) is 8.78 Å². The van der Waals surface area contributed by atoms with Crippen LogP contribution >= 0.6 is 0 Å². The number of likely N-dealkylation sites (tertiary alicyclic amines) is 2. The Kier molecular flexibility index (Phi) is 6.44. The number of rotatable bonds is 7. The summed E-state index contributed by atoms with van der Waals surface area (Å²) in [5, 5.41) is 0. The quantitative estimate of drug-likeness (QED) is 0.743. The van der Waals surface area contributed by atoms with Gasteiger partial charge in [-0.15, -0.1) is 0 Å². The molecule has 24 heavy (non-hydrogen) atoms. The molecule has 2 saturated heterocycles. The summed E-state index contributed by atoms with van der Waals surface area (Å²) in [6.45, 7) is 3.02. The number of ether oxygens (including phenoxy) is 1. The van der Waals surface area contributed by atoms with Crippen LogP contribution in [0.3, 0.4) is 0 Å². The van der Waals surface area contributed by atoms with Crippen molar-refractivity contribution in [3.05, 3.63) is 29.8 Å². The van der Waals surface area contributed by atoms with Crippen LogP contribution in [-0.4, -0.2) is 48.6 Å². The summed E-state index contributed by atoms with van der Waals surface area (Å²) in [4.78, 5) is 5.16. The number of alkyl halides is 2. The number of hydrogen-bond donors (Lipinski definition) is 0. The van der Waals surface area contributed by atoms with Crippen LogP contribution in [0.1, 0.15) is 44.1 Å². The summed E-state index contributed by atoms with van der Waals surface area (Å²) in [5.74, 6) is 0.234. The lowest BCUT2D eigenvalue weighted by Gasteiger charge is -2.36. The maximum Gasteiger partial charge on any atom is 0.387 e. The van der Waals surface area contributed by atoms with E-state index in [0.717, 1.165) is 13.1 Å². The molecule has 0 N–H and O–H groups in total. The first kappa shape index (κ1) is 17.6. The Balaban J connectivity index is 1.52. The molecule has 5 heteroatoms. The van der Waals surface area contributed by atoms with Crippen molar-refractivity contribution >= 4 is 0 Å². The van der Waals surface area contributed by atoms with Crippen LogP contribution in [0.15, 0.2) is 24.3 Å². The number of benzene rings is 1. The molecule has 3 rings (SSSR count). The summed E-state index contributed by atoms with van der Waals surface area (Å²) in [7, 11) is 0. The minimum Gasteiger partial charge on any atom is -0.435 e. The van der Waals surface area contributed by atoms with Gasteiger partial charge in [0, 0.05) is 12.6 Å². The highest BCUT2D eigenvalue weighted by atomic mass is 19.3. The third-order valence-corrected chi connectivity index (χ3v) is 5.26. The average molecular weight is 338 g/mol. The highest BCUT2D eigenvalue weighted by molar-refractivity contribution is 5.27. The predicted octanol–water partition coefficient (Wildman–Crippen LogP) is 4.13. The number of hydrogen-bond acceptors (Lipinski definition) is 3. The number of nitrogens with zero attached hydrogens (tertiary/aromatic N) is 2. The van der Waals surface area contributed by atoms with Crippen LogP contribution < -0.4 is 4.74 Å². The molecule has 0 radical (unpaired) electrons. The lowest BCUT2D eigenvalue weighted by molar-refractivity contribution is -0.0498. The highest BCUT2D eigenvalue weighted by Gasteiger charge is 2.23. The zero-order chi connectivity index (χ0) is 16.8. The van der Waals surface area contributed by atoms with Crippen LogP contribution in [0.25, 0.3) is 0 Å². The minimum absolute atomic E-state index is 0.234. The van der Waals surface area contributed by atoms with Crippen LogP contribution in [-0.2, 0) is 6.54 Å². The topological polar surface area (TPSA) is 15.7 Å². The fraction of sp³-hybridized carbons (Fsp3) is 0.684. The standard InChI is InChI=1S/C19H28F2N2O/c20-19(21)24-18-8-6-16(7-9-18)15-23-13-2-1-5-17(23)10-14-22-11-3-4-12-22/h6-9,17,19H,1-5,10-15H2. The molecule has 2 heterocycles. The van der Waals surface area contributed by atoms with Crippen LogP contribution in [0, 0.1) is 0 Å². The van der Waals surface area contributed by atoms with Crippen molar-refractivity contribution in [2.45, 2.75) is 57.7 Å². The maximum absolute atomic E-state index is 12.2. The molecule has 0 bridgehead atoms. The smallest absolute Gasteiger partial charge is 0.387 e. The molecule has 3 nitrogen and oxygen atoms in total. The van der Waals surface area contributed by atoms with Crippen molar-refractivity contribution in [1.29, 1.82) is 0 Å². The lowest BCUT2D eigenvalue weighted by Crippen LogP contribution is -2.40. The molecule has 1 aromatic rings. The first-order valence-corrected chi connectivity index (χ1v) is 9.21. The molecule has 2 aliphatic heterocycles. The van der Waals surface area contributed by atoms with E-state index >= 15 is 0 Å². The molecular formula is C19H28F2N2O.